The zero-order valence-electron chi connectivity index (χ0n) is 19.2. The fourth-order valence-electron chi connectivity index (χ4n) is 4.54. The van der Waals surface area contributed by atoms with Gasteiger partial charge < -0.3 is 10.2 Å². The van der Waals surface area contributed by atoms with Crippen molar-refractivity contribution in [3.05, 3.63) is 57.6 Å². The SMILES string of the molecule is CCCC(c1cc(C)cc(O)c1C(C)(C)C)c1cc(C)cc(O)c1C(C)(C)C. The van der Waals surface area contributed by atoms with E-state index < -0.39 is 0 Å². The highest BCUT2D eigenvalue weighted by molar-refractivity contribution is 5.55. The molecule has 2 N–H and O–H groups in total. The van der Waals surface area contributed by atoms with Crippen LogP contribution in [0.4, 0.5) is 0 Å². The molecule has 2 nitrogen and oxygen atoms in total. The molecule has 0 heterocycles. The largest absolute Gasteiger partial charge is 0.508 e. The van der Waals surface area contributed by atoms with Gasteiger partial charge in [0.05, 0.1) is 0 Å². The number of aromatic hydroxyl groups is 2. The van der Waals surface area contributed by atoms with Crippen molar-refractivity contribution in [3.63, 3.8) is 0 Å². The molecule has 2 heteroatoms. The predicted octanol–water partition coefficient (Wildman–Crippen LogP) is 7.24. The molecule has 0 spiro atoms. The second-order valence-electron chi connectivity index (χ2n) is 10.3. The summed E-state index contributed by atoms with van der Waals surface area (Å²) in [5, 5.41) is 21.7. The van der Waals surface area contributed by atoms with E-state index in [2.05, 4.69) is 60.6 Å². The Kier molecular flexibility index (Phi) is 6.23. The molecule has 0 aromatic heterocycles. The lowest BCUT2D eigenvalue weighted by atomic mass is 9.72. The van der Waals surface area contributed by atoms with Crippen LogP contribution in [0.5, 0.6) is 11.5 Å². The Morgan fingerprint density at radius 1 is 0.714 bits per heavy atom. The highest BCUT2D eigenvalue weighted by Gasteiger charge is 2.31. The van der Waals surface area contributed by atoms with Crippen LogP contribution in [-0.2, 0) is 10.8 Å². The van der Waals surface area contributed by atoms with E-state index in [0.717, 1.165) is 35.1 Å². The van der Waals surface area contributed by atoms with E-state index in [1.54, 1.807) is 0 Å². The number of rotatable bonds is 4. The lowest BCUT2D eigenvalue weighted by Crippen LogP contribution is -2.21. The molecule has 2 aromatic carbocycles. The van der Waals surface area contributed by atoms with Crippen molar-refractivity contribution in [2.45, 2.75) is 91.9 Å². The van der Waals surface area contributed by atoms with E-state index in [0.29, 0.717) is 11.5 Å². The molecule has 0 saturated heterocycles. The lowest BCUT2D eigenvalue weighted by Gasteiger charge is -2.33. The van der Waals surface area contributed by atoms with Gasteiger partial charge in [-0.3, -0.25) is 0 Å². The van der Waals surface area contributed by atoms with Gasteiger partial charge in [-0.15, -0.1) is 0 Å². The average Bonchev–Trinajstić information content (AvgIpc) is 2.47. The summed E-state index contributed by atoms with van der Waals surface area (Å²) in [6.07, 6.45) is 2.00. The molecule has 28 heavy (non-hydrogen) atoms. The molecule has 0 aliphatic carbocycles. The fourth-order valence-corrected chi connectivity index (χ4v) is 4.54. The van der Waals surface area contributed by atoms with Crippen LogP contribution >= 0.6 is 0 Å². The van der Waals surface area contributed by atoms with Gasteiger partial charge in [0.25, 0.3) is 0 Å². The Bertz CT molecular complexity index is 779. The van der Waals surface area contributed by atoms with Gasteiger partial charge in [-0.25, -0.2) is 0 Å². The van der Waals surface area contributed by atoms with Crippen molar-refractivity contribution >= 4 is 0 Å². The first-order valence-electron chi connectivity index (χ1n) is 10.4. The maximum Gasteiger partial charge on any atom is 0.119 e. The van der Waals surface area contributed by atoms with E-state index in [1.807, 2.05) is 26.0 Å². The fraction of sp³-hybridized carbons (Fsp3) is 0.538. The van der Waals surface area contributed by atoms with E-state index in [9.17, 15) is 10.2 Å². The molecular weight excluding hydrogens is 344 g/mol. The van der Waals surface area contributed by atoms with Gasteiger partial charge in [0.15, 0.2) is 0 Å². The standard InChI is InChI=1S/C26H38O2/c1-10-11-18(19-12-16(2)14-21(27)23(19)25(4,5)6)20-13-17(3)15-22(28)24(20)26(7,8)9/h12-15,18,27-28H,10-11H2,1-9H3. The molecule has 154 valence electrons. The molecule has 0 saturated carbocycles. The summed E-state index contributed by atoms with van der Waals surface area (Å²) in [6, 6.07) is 8.19. The van der Waals surface area contributed by atoms with E-state index in [4.69, 9.17) is 0 Å². The predicted molar refractivity (Wildman–Crippen MR) is 120 cm³/mol. The number of hydrogen-bond donors (Lipinski definition) is 2. The maximum absolute atomic E-state index is 10.9. The first-order chi connectivity index (χ1) is 12.8. The number of benzene rings is 2. The zero-order valence-corrected chi connectivity index (χ0v) is 19.2. The van der Waals surface area contributed by atoms with E-state index in [1.165, 1.54) is 11.1 Å². The Labute approximate surface area is 171 Å². The zero-order chi connectivity index (χ0) is 21.4. The van der Waals surface area contributed by atoms with Crippen LogP contribution in [0.1, 0.15) is 101 Å². The molecule has 0 bridgehead atoms. The molecule has 2 rings (SSSR count). The normalized spacial score (nSPS) is 12.6. The number of aryl methyl sites for hydroxylation is 2. The summed E-state index contributed by atoms with van der Waals surface area (Å²) in [5.74, 6) is 0.876. The van der Waals surface area contributed by atoms with Gasteiger partial charge >= 0.3 is 0 Å². The summed E-state index contributed by atoms with van der Waals surface area (Å²) >= 11 is 0. The second-order valence-corrected chi connectivity index (χ2v) is 10.3. The smallest absolute Gasteiger partial charge is 0.119 e. The first-order valence-corrected chi connectivity index (χ1v) is 10.4. The molecule has 0 amide bonds. The minimum Gasteiger partial charge on any atom is -0.508 e. The van der Waals surface area contributed by atoms with Gasteiger partial charge in [0.2, 0.25) is 0 Å². The van der Waals surface area contributed by atoms with Crippen LogP contribution in [0.2, 0.25) is 0 Å². The third-order valence-electron chi connectivity index (χ3n) is 5.41. The number of phenolic OH excluding ortho intramolecular Hbond substituents is 2. The minimum absolute atomic E-state index is 0.130. The van der Waals surface area contributed by atoms with Crippen LogP contribution in [-0.4, -0.2) is 10.2 Å². The molecule has 0 aliphatic rings. The second kappa shape index (κ2) is 7.81. The maximum atomic E-state index is 10.9. The molecule has 0 radical (unpaired) electrons. The molecule has 0 unspecified atom stereocenters. The summed E-state index contributed by atoms with van der Waals surface area (Å²) < 4.78 is 0. The average molecular weight is 383 g/mol. The van der Waals surface area contributed by atoms with Gasteiger partial charge in [0.1, 0.15) is 11.5 Å². The van der Waals surface area contributed by atoms with Crippen molar-refractivity contribution in [3.8, 4) is 11.5 Å². The van der Waals surface area contributed by atoms with Gasteiger partial charge in [-0.2, -0.15) is 0 Å². The molecule has 2 aromatic rings. The molecule has 0 atom stereocenters. The van der Waals surface area contributed by atoms with Gasteiger partial charge in [-0.05, 0) is 65.5 Å². The van der Waals surface area contributed by atoms with Gasteiger partial charge in [-0.1, -0.05) is 67.0 Å². The van der Waals surface area contributed by atoms with Crippen molar-refractivity contribution in [2.24, 2.45) is 0 Å². The topological polar surface area (TPSA) is 40.5 Å². The Morgan fingerprint density at radius 2 is 1.07 bits per heavy atom. The lowest BCUT2D eigenvalue weighted by molar-refractivity contribution is 0.437. The number of hydrogen-bond acceptors (Lipinski definition) is 2. The van der Waals surface area contributed by atoms with Gasteiger partial charge in [0, 0.05) is 17.0 Å². The third kappa shape index (κ3) is 4.54. The Balaban J connectivity index is 2.91. The van der Waals surface area contributed by atoms with Crippen LogP contribution in [0.15, 0.2) is 24.3 Å². The third-order valence-corrected chi connectivity index (χ3v) is 5.41. The van der Waals surface area contributed by atoms with Crippen LogP contribution < -0.4 is 0 Å². The van der Waals surface area contributed by atoms with Crippen molar-refractivity contribution < 1.29 is 10.2 Å². The summed E-state index contributed by atoms with van der Waals surface area (Å²) in [5.41, 5.74) is 6.17. The summed E-state index contributed by atoms with van der Waals surface area (Å²) in [4.78, 5) is 0. The quantitative estimate of drug-likeness (QED) is 0.585. The van der Waals surface area contributed by atoms with Crippen molar-refractivity contribution in [2.75, 3.05) is 0 Å². The monoisotopic (exact) mass is 382 g/mol. The van der Waals surface area contributed by atoms with Crippen LogP contribution in [0.25, 0.3) is 0 Å². The van der Waals surface area contributed by atoms with Crippen molar-refractivity contribution in [1.82, 2.24) is 0 Å². The highest BCUT2D eigenvalue weighted by Crippen LogP contribution is 2.46. The summed E-state index contributed by atoms with van der Waals surface area (Å²) in [7, 11) is 0. The molecular formula is C26H38O2. The first kappa shape index (κ1) is 22.3. The Morgan fingerprint density at radius 3 is 1.36 bits per heavy atom. The van der Waals surface area contributed by atoms with Crippen LogP contribution in [0, 0.1) is 13.8 Å². The van der Waals surface area contributed by atoms with E-state index >= 15 is 0 Å². The Hall–Kier alpha value is -1.96. The summed E-state index contributed by atoms with van der Waals surface area (Å²) in [6.45, 7) is 19.2. The van der Waals surface area contributed by atoms with E-state index in [-0.39, 0.29) is 16.7 Å². The highest BCUT2D eigenvalue weighted by atomic mass is 16.3. The molecule has 0 fully saturated rings. The van der Waals surface area contributed by atoms with Crippen molar-refractivity contribution in [1.29, 1.82) is 0 Å². The minimum atomic E-state index is -0.174. The van der Waals surface area contributed by atoms with Crippen LogP contribution in [0.3, 0.4) is 0 Å². The number of phenols is 2. The molecule has 0 aliphatic heterocycles.